The third-order valence-corrected chi connectivity index (χ3v) is 3.34. The molecule has 0 amide bonds. The average molecular weight is 281 g/mol. The van der Waals surface area contributed by atoms with Gasteiger partial charge in [-0.3, -0.25) is 4.57 Å². The highest BCUT2D eigenvalue weighted by molar-refractivity contribution is 7.12. The van der Waals surface area contributed by atoms with E-state index in [0.29, 0.717) is 10.6 Å². The summed E-state index contributed by atoms with van der Waals surface area (Å²) in [7, 11) is 2.54. The highest BCUT2D eigenvalue weighted by atomic mass is 32.1. The summed E-state index contributed by atoms with van der Waals surface area (Å²) in [6.45, 7) is 0. The van der Waals surface area contributed by atoms with Crippen molar-refractivity contribution in [1.82, 2.24) is 9.55 Å². The van der Waals surface area contributed by atoms with E-state index < -0.39 is 11.9 Å². The SMILES string of the molecule is COC(=O)c1ncn(-c2ccsc2C(=O)OC)c1N. The lowest BCUT2D eigenvalue weighted by molar-refractivity contribution is 0.0591. The van der Waals surface area contributed by atoms with Crippen molar-refractivity contribution in [2.24, 2.45) is 0 Å². The molecule has 0 radical (unpaired) electrons. The smallest absolute Gasteiger partial charge is 0.360 e. The number of nitrogen functional groups attached to an aromatic ring is 1. The van der Waals surface area contributed by atoms with Crippen LogP contribution in [0, 0.1) is 0 Å². The van der Waals surface area contributed by atoms with Gasteiger partial charge in [0.1, 0.15) is 17.0 Å². The maximum atomic E-state index is 11.6. The molecule has 100 valence electrons. The van der Waals surface area contributed by atoms with E-state index in [1.54, 1.807) is 11.4 Å². The molecule has 0 spiro atoms. The van der Waals surface area contributed by atoms with Crippen LogP contribution in [-0.2, 0) is 9.47 Å². The molecular formula is C11H11N3O4S. The summed E-state index contributed by atoms with van der Waals surface area (Å²) in [5.41, 5.74) is 6.35. The summed E-state index contributed by atoms with van der Waals surface area (Å²) in [4.78, 5) is 27.3. The normalized spacial score (nSPS) is 10.2. The fourth-order valence-corrected chi connectivity index (χ4v) is 2.34. The minimum absolute atomic E-state index is 0.00418. The maximum Gasteiger partial charge on any atom is 0.360 e. The van der Waals surface area contributed by atoms with E-state index in [0.717, 1.165) is 0 Å². The molecule has 0 aliphatic heterocycles. The highest BCUT2D eigenvalue weighted by Gasteiger charge is 2.21. The van der Waals surface area contributed by atoms with Gasteiger partial charge in [-0.1, -0.05) is 0 Å². The highest BCUT2D eigenvalue weighted by Crippen LogP contribution is 2.25. The zero-order valence-corrected chi connectivity index (χ0v) is 11.1. The van der Waals surface area contributed by atoms with Crippen LogP contribution in [-0.4, -0.2) is 35.7 Å². The lowest BCUT2D eigenvalue weighted by atomic mass is 10.3. The molecule has 2 aromatic rings. The second-order valence-electron chi connectivity index (χ2n) is 3.47. The summed E-state index contributed by atoms with van der Waals surface area (Å²) in [6.07, 6.45) is 1.36. The third-order valence-electron chi connectivity index (χ3n) is 2.46. The first-order valence-electron chi connectivity index (χ1n) is 5.17. The summed E-state index contributed by atoms with van der Waals surface area (Å²) in [5.74, 6) is -1.00. The van der Waals surface area contributed by atoms with E-state index in [1.807, 2.05) is 0 Å². The number of esters is 2. The molecule has 0 saturated carbocycles. The molecule has 2 heterocycles. The van der Waals surface area contributed by atoms with E-state index >= 15 is 0 Å². The van der Waals surface area contributed by atoms with Crippen LogP contribution in [0.5, 0.6) is 0 Å². The number of nitrogens with zero attached hydrogens (tertiary/aromatic N) is 2. The number of hydrogen-bond acceptors (Lipinski definition) is 7. The minimum Gasteiger partial charge on any atom is -0.465 e. The summed E-state index contributed by atoms with van der Waals surface area (Å²) >= 11 is 1.21. The van der Waals surface area contributed by atoms with Gasteiger partial charge in [-0.15, -0.1) is 11.3 Å². The number of carbonyl (C=O) groups is 2. The first-order chi connectivity index (χ1) is 9.10. The number of imidazole rings is 1. The van der Waals surface area contributed by atoms with E-state index in [9.17, 15) is 9.59 Å². The van der Waals surface area contributed by atoms with Crippen LogP contribution in [0.15, 0.2) is 17.8 Å². The van der Waals surface area contributed by atoms with Crippen molar-refractivity contribution in [2.45, 2.75) is 0 Å². The van der Waals surface area contributed by atoms with E-state index in [4.69, 9.17) is 5.73 Å². The Bertz CT molecular complexity index is 632. The van der Waals surface area contributed by atoms with Crippen molar-refractivity contribution in [3.05, 3.63) is 28.3 Å². The Morgan fingerprint density at radius 1 is 1.32 bits per heavy atom. The van der Waals surface area contributed by atoms with Crippen molar-refractivity contribution >= 4 is 29.1 Å². The molecule has 0 aliphatic carbocycles. The standard InChI is InChI=1S/C11H11N3O4S/c1-17-10(15)7-9(12)14(5-13-7)6-3-4-19-8(6)11(16)18-2/h3-5H,12H2,1-2H3. The summed E-state index contributed by atoms with van der Waals surface area (Å²) in [5, 5.41) is 1.72. The summed E-state index contributed by atoms with van der Waals surface area (Å²) in [6, 6.07) is 1.69. The zero-order valence-electron chi connectivity index (χ0n) is 10.2. The van der Waals surface area contributed by atoms with Gasteiger partial charge in [0.2, 0.25) is 0 Å². The molecule has 0 aromatic carbocycles. The van der Waals surface area contributed by atoms with Crippen molar-refractivity contribution < 1.29 is 19.1 Å². The largest absolute Gasteiger partial charge is 0.465 e. The molecule has 2 rings (SSSR count). The Morgan fingerprint density at radius 2 is 2.00 bits per heavy atom. The number of methoxy groups -OCH3 is 2. The summed E-state index contributed by atoms with van der Waals surface area (Å²) < 4.78 is 10.7. The Morgan fingerprint density at radius 3 is 2.63 bits per heavy atom. The van der Waals surface area contributed by atoms with Crippen LogP contribution in [0.2, 0.25) is 0 Å². The lowest BCUT2D eigenvalue weighted by Crippen LogP contribution is -2.09. The van der Waals surface area contributed by atoms with Gasteiger partial charge in [0.05, 0.1) is 19.9 Å². The van der Waals surface area contributed by atoms with Crippen LogP contribution in [0.4, 0.5) is 5.82 Å². The van der Waals surface area contributed by atoms with Crippen LogP contribution in [0.3, 0.4) is 0 Å². The molecule has 0 fully saturated rings. The van der Waals surface area contributed by atoms with Crippen molar-refractivity contribution in [3.63, 3.8) is 0 Å². The number of ether oxygens (including phenoxy) is 2. The van der Waals surface area contributed by atoms with Gasteiger partial charge < -0.3 is 15.2 Å². The van der Waals surface area contributed by atoms with Gasteiger partial charge >= 0.3 is 11.9 Å². The van der Waals surface area contributed by atoms with E-state index in [1.165, 1.54) is 36.5 Å². The second kappa shape index (κ2) is 5.11. The van der Waals surface area contributed by atoms with Gasteiger partial charge in [0.15, 0.2) is 5.69 Å². The fraction of sp³-hybridized carbons (Fsp3) is 0.182. The predicted molar refractivity (Wildman–Crippen MR) is 68.5 cm³/mol. The molecule has 0 unspecified atom stereocenters. The van der Waals surface area contributed by atoms with Crippen LogP contribution >= 0.6 is 11.3 Å². The number of hydrogen-bond donors (Lipinski definition) is 1. The molecular weight excluding hydrogens is 270 g/mol. The number of nitrogens with two attached hydrogens (primary N) is 1. The topological polar surface area (TPSA) is 96.4 Å². The van der Waals surface area contributed by atoms with Crippen LogP contribution in [0.1, 0.15) is 20.2 Å². The molecule has 0 aliphatic rings. The first-order valence-corrected chi connectivity index (χ1v) is 6.05. The molecule has 2 aromatic heterocycles. The van der Waals surface area contributed by atoms with Crippen molar-refractivity contribution in [3.8, 4) is 5.69 Å². The number of thiophene rings is 1. The molecule has 0 saturated heterocycles. The number of anilines is 1. The Balaban J connectivity index is 2.49. The van der Waals surface area contributed by atoms with Gasteiger partial charge in [0, 0.05) is 0 Å². The quantitative estimate of drug-likeness (QED) is 0.846. The van der Waals surface area contributed by atoms with Gasteiger partial charge in [-0.05, 0) is 11.4 Å². The predicted octanol–water partition coefficient (Wildman–Crippen LogP) is 1.09. The Hall–Kier alpha value is -2.35. The second-order valence-corrected chi connectivity index (χ2v) is 4.38. The monoisotopic (exact) mass is 281 g/mol. The number of aromatic nitrogens is 2. The minimum atomic E-state index is -0.633. The molecule has 0 atom stereocenters. The van der Waals surface area contributed by atoms with Crippen LogP contribution < -0.4 is 5.73 Å². The molecule has 8 heteroatoms. The zero-order chi connectivity index (χ0) is 14.0. The third kappa shape index (κ3) is 2.17. The van der Waals surface area contributed by atoms with E-state index in [-0.39, 0.29) is 11.5 Å². The van der Waals surface area contributed by atoms with Crippen LogP contribution in [0.25, 0.3) is 5.69 Å². The van der Waals surface area contributed by atoms with Gasteiger partial charge in [0.25, 0.3) is 0 Å². The maximum absolute atomic E-state index is 11.6. The molecule has 2 N–H and O–H groups in total. The average Bonchev–Trinajstić information content (AvgIpc) is 3.03. The fourth-order valence-electron chi connectivity index (χ4n) is 1.54. The van der Waals surface area contributed by atoms with Crippen molar-refractivity contribution in [1.29, 1.82) is 0 Å². The number of rotatable bonds is 3. The van der Waals surface area contributed by atoms with Gasteiger partial charge in [-0.25, -0.2) is 14.6 Å². The molecule has 7 nitrogen and oxygen atoms in total. The molecule has 0 bridgehead atoms. The lowest BCUT2D eigenvalue weighted by Gasteiger charge is -2.05. The first kappa shape index (κ1) is 13.1. The number of carbonyl (C=O) groups excluding carboxylic acids is 2. The van der Waals surface area contributed by atoms with Gasteiger partial charge in [-0.2, -0.15) is 0 Å². The Kier molecular flexibility index (Phi) is 3.52. The Labute approximate surface area is 112 Å². The van der Waals surface area contributed by atoms with E-state index in [2.05, 4.69) is 14.5 Å². The molecule has 19 heavy (non-hydrogen) atoms. The van der Waals surface area contributed by atoms with Crippen molar-refractivity contribution in [2.75, 3.05) is 20.0 Å².